The Hall–Kier alpha value is -2.78. The van der Waals surface area contributed by atoms with Gasteiger partial charge in [-0.3, -0.25) is 4.79 Å². The van der Waals surface area contributed by atoms with Gasteiger partial charge in [-0.05, 0) is 65.3 Å². The maximum absolute atomic E-state index is 11.4. The zero-order valence-electron chi connectivity index (χ0n) is 20.7. The Bertz CT molecular complexity index is 1080. The molecule has 0 aromatic heterocycles. The quantitative estimate of drug-likeness (QED) is 0.297. The average Bonchev–Trinajstić information content (AvgIpc) is 2.81. The van der Waals surface area contributed by atoms with Crippen LogP contribution in [0.4, 0.5) is 0 Å². The molecular formula is C30H36ClNO2. The van der Waals surface area contributed by atoms with Crippen molar-refractivity contribution in [3.05, 3.63) is 88.4 Å². The van der Waals surface area contributed by atoms with Gasteiger partial charge in [0.2, 0.25) is 5.91 Å². The van der Waals surface area contributed by atoms with Crippen molar-refractivity contribution >= 4 is 17.5 Å². The summed E-state index contributed by atoms with van der Waals surface area (Å²) < 4.78 is 6.42. The Labute approximate surface area is 209 Å². The number of carbonyl (C=O) groups is 1. The number of primary amides is 1. The van der Waals surface area contributed by atoms with Crippen LogP contribution < -0.4 is 10.5 Å². The molecule has 2 N–H and O–H groups in total. The van der Waals surface area contributed by atoms with Crippen LogP contribution in [0.15, 0.2) is 66.7 Å². The van der Waals surface area contributed by atoms with Gasteiger partial charge in [0.15, 0.2) is 0 Å². The van der Waals surface area contributed by atoms with Gasteiger partial charge in [-0.25, -0.2) is 0 Å². The van der Waals surface area contributed by atoms with Gasteiger partial charge in [-0.1, -0.05) is 95.0 Å². The first kappa shape index (κ1) is 25.8. The molecule has 0 aliphatic carbocycles. The Morgan fingerprint density at radius 2 is 1.62 bits per heavy atom. The molecule has 0 saturated carbocycles. The minimum atomic E-state index is -0.426. The van der Waals surface area contributed by atoms with Crippen LogP contribution >= 0.6 is 11.6 Å². The van der Waals surface area contributed by atoms with Gasteiger partial charge < -0.3 is 10.5 Å². The summed E-state index contributed by atoms with van der Waals surface area (Å²) in [5.41, 5.74) is 10.4. The lowest BCUT2D eigenvalue weighted by Crippen LogP contribution is -2.12. The number of nitrogens with two attached hydrogens (primary N) is 1. The second-order valence-corrected chi connectivity index (χ2v) is 10.3. The van der Waals surface area contributed by atoms with Crippen molar-refractivity contribution in [2.75, 3.05) is 0 Å². The lowest BCUT2D eigenvalue weighted by Gasteiger charge is -2.21. The van der Waals surface area contributed by atoms with Crippen LogP contribution in [0, 0.1) is 0 Å². The third-order valence-electron chi connectivity index (χ3n) is 6.17. The van der Waals surface area contributed by atoms with Crippen molar-refractivity contribution in [3.63, 3.8) is 0 Å². The molecule has 0 fully saturated rings. The third kappa shape index (κ3) is 6.87. The summed E-state index contributed by atoms with van der Waals surface area (Å²) in [5, 5.41) is 0.662. The van der Waals surface area contributed by atoms with Crippen LogP contribution in [0.3, 0.4) is 0 Å². The summed E-state index contributed by atoms with van der Waals surface area (Å²) in [6.07, 6.45) is 5.41. The smallest absolute Gasteiger partial charge is 0.248 e. The molecule has 0 aliphatic heterocycles. The van der Waals surface area contributed by atoms with Crippen molar-refractivity contribution in [3.8, 4) is 16.9 Å². The standard InChI is InChI=1S/C30H36ClNO2/c1-5-6-7-8-9-28(22-10-12-23(13-11-22)29(32)33)34-25-18-19-26(27(31)20-25)21-14-16-24(17-15-21)30(2,3)4/h10-20,28H,5-9H2,1-4H3,(H2,32,33). The second-order valence-electron chi connectivity index (χ2n) is 9.91. The maximum atomic E-state index is 11.4. The van der Waals surface area contributed by atoms with Gasteiger partial charge in [0.1, 0.15) is 11.9 Å². The van der Waals surface area contributed by atoms with E-state index >= 15 is 0 Å². The molecule has 3 aromatic carbocycles. The minimum Gasteiger partial charge on any atom is -0.486 e. The zero-order valence-corrected chi connectivity index (χ0v) is 21.5. The van der Waals surface area contributed by atoms with E-state index in [9.17, 15) is 4.79 Å². The van der Waals surface area contributed by atoms with E-state index in [1.807, 2.05) is 30.3 Å². The number of hydrogen-bond donors (Lipinski definition) is 1. The number of rotatable bonds is 10. The largest absolute Gasteiger partial charge is 0.486 e. The van der Waals surface area contributed by atoms with Gasteiger partial charge >= 0.3 is 0 Å². The molecule has 0 aliphatic rings. The summed E-state index contributed by atoms with van der Waals surface area (Å²) >= 11 is 6.69. The van der Waals surface area contributed by atoms with Crippen LogP contribution in [0.1, 0.15) is 87.4 Å². The van der Waals surface area contributed by atoms with Crippen LogP contribution in [-0.2, 0) is 5.41 Å². The lowest BCUT2D eigenvalue weighted by molar-refractivity contribution is 0.1000. The summed E-state index contributed by atoms with van der Waals surface area (Å²) in [4.78, 5) is 11.4. The first-order valence-corrected chi connectivity index (χ1v) is 12.5. The first-order chi connectivity index (χ1) is 16.2. The Kier molecular flexibility index (Phi) is 8.79. The highest BCUT2D eigenvalue weighted by molar-refractivity contribution is 6.33. The molecule has 0 radical (unpaired) electrons. The Balaban J connectivity index is 1.80. The molecule has 0 bridgehead atoms. The number of halogens is 1. The number of carbonyl (C=O) groups excluding carboxylic acids is 1. The predicted octanol–water partition coefficient (Wildman–Crippen LogP) is 8.49. The number of benzene rings is 3. The molecule has 180 valence electrons. The lowest BCUT2D eigenvalue weighted by atomic mass is 9.86. The number of ether oxygens (including phenoxy) is 1. The minimum absolute atomic E-state index is 0.113. The van der Waals surface area contributed by atoms with E-state index in [0.29, 0.717) is 10.6 Å². The molecule has 4 heteroatoms. The molecule has 3 nitrogen and oxygen atoms in total. The number of hydrogen-bond acceptors (Lipinski definition) is 2. The number of amides is 1. The average molecular weight is 478 g/mol. The van der Waals surface area contributed by atoms with Gasteiger partial charge in [0, 0.05) is 11.1 Å². The van der Waals surface area contributed by atoms with Crippen molar-refractivity contribution in [2.24, 2.45) is 5.73 Å². The fourth-order valence-electron chi connectivity index (χ4n) is 4.03. The molecule has 1 atom stereocenters. The zero-order chi connectivity index (χ0) is 24.7. The molecule has 34 heavy (non-hydrogen) atoms. The van der Waals surface area contributed by atoms with E-state index in [2.05, 4.69) is 52.0 Å². The number of unbranched alkanes of at least 4 members (excludes halogenated alkanes) is 3. The van der Waals surface area contributed by atoms with E-state index < -0.39 is 5.91 Å². The molecule has 1 amide bonds. The predicted molar refractivity (Wildman–Crippen MR) is 143 cm³/mol. The highest BCUT2D eigenvalue weighted by atomic mass is 35.5. The van der Waals surface area contributed by atoms with Crippen molar-refractivity contribution in [1.29, 1.82) is 0 Å². The Morgan fingerprint density at radius 1 is 0.941 bits per heavy atom. The molecule has 1 unspecified atom stereocenters. The van der Waals surface area contributed by atoms with E-state index in [1.54, 1.807) is 12.1 Å². The molecule has 0 spiro atoms. The summed E-state index contributed by atoms with van der Waals surface area (Å²) in [7, 11) is 0. The molecule has 3 rings (SSSR count). The topological polar surface area (TPSA) is 52.3 Å². The SMILES string of the molecule is CCCCCCC(Oc1ccc(-c2ccc(C(C)(C)C)cc2)c(Cl)c1)c1ccc(C(N)=O)cc1. The van der Waals surface area contributed by atoms with E-state index in [1.165, 1.54) is 24.8 Å². The highest BCUT2D eigenvalue weighted by Gasteiger charge is 2.17. The first-order valence-electron chi connectivity index (χ1n) is 12.2. The van der Waals surface area contributed by atoms with E-state index in [4.69, 9.17) is 22.1 Å². The van der Waals surface area contributed by atoms with Gasteiger partial charge in [0.05, 0.1) is 5.02 Å². The molecular weight excluding hydrogens is 442 g/mol. The Morgan fingerprint density at radius 3 is 2.18 bits per heavy atom. The highest BCUT2D eigenvalue weighted by Crippen LogP contribution is 2.35. The fraction of sp³-hybridized carbons (Fsp3) is 0.367. The maximum Gasteiger partial charge on any atom is 0.248 e. The normalized spacial score (nSPS) is 12.4. The van der Waals surface area contributed by atoms with Crippen molar-refractivity contribution < 1.29 is 9.53 Å². The summed E-state index contributed by atoms with van der Waals surface area (Å²) in [6.45, 7) is 8.83. The second kappa shape index (κ2) is 11.6. The van der Waals surface area contributed by atoms with Crippen molar-refractivity contribution in [2.45, 2.75) is 71.3 Å². The van der Waals surface area contributed by atoms with E-state index in [0.717, 1.165) is 35.3 Å². The van der Waals surface area contributed by atoms with Crippen LogP contribution in [-0.4, -0.2) is 5.91 Å². The molecule has 0 saturated heterocycles. The van der Waals surface area contributed by atoms with Crippen LogP contribution in [0.5, 0.6) is 5.75 Å². The van der Waals surface area contributed by atoms with Gasteiger partial charge in [-0.2, -0.15) is 0 Å². The summed E-state index contributed by atoms with van der Waals surface area (Å²) in [6, 6.07) is 21.9. The fourth-order valence-corrected chi connectivity index (χ4v) is 4.31. The molecule has 3 aromatic rings. The van der Waals surface area contributed by atoms with Gasteiger partial charge in [-0.15, -0.1) is 0 Å². The van der Waals surface area contributed by atoms with Crippen LogP contribution in [0.2, 0.25) is 5.02 Å². The third-order valence-corrected chi connectivity index (χ3v) is 6.48. The van der Waals surface area contributed by atoms with E-state index in [-0.39, 0.29) is 11.5 Å². The summed E-state index contributed by atoms with van der Waals surface area (Å²) in [5.74, 6) is 0.310. The van der Waals surface area contributed by atoms with Gasteiger partial charge in [0.25, 0.3) is 0 Å². The van der Waals surface area contributed by atoms with Crippen molar-refractivity contribution in [1.82, 2.24) is 0 Å². The molecule has 0 heterocycles. The van der Waals surface area contributed by atoms with Crippen LogP contribution in [0.25, 0.3) is 11.1 Å². The monoisotopic (exact) mass is 477 g/mol.